The summed E-state index contributed by atoms with van der Waals surface area (Å²) in [5.74, 6) is -0.695. The lowest BCUT2D eigenvalue weighted by molar-refractivity contribution is -0.139. The van der Waals surface area contributed by atoms with Crippen molar-refractivity contribution >= 4 is 17.7 Å². The predicted octanol–water partition coefficient (Wildman–Crippen LogP) is 0.941. The number of hydrogen-bond donors (Lipinski definition) is 2. The number of carbonyl (C=O) groups is 1. The number of carbonyl (C=O) groups excluding carboxylic acids is 1. The fourth-order valence-corrected chi connectivity index (χ4v) is 1.11. The molecule has 0 atom stereocenters. The van der Waals surface area contributed by atoms with Crippen molar-refractivity contribution in [2.45, 2.75) is 24.6 Å². The molecule has 0 aromatic rings. The zero-order chi connectivity index (χ0) is 10.1. The lowest BCUT2D eigenvalue weighted by atomic mass is 10.3. The summed E-state index contributed by atoms with van der Waals surface area (Å²) in [6.45, 7) is -1.31. The average molecular weight is 217 g/mol. The molecular weight excluding hydrogens is 209 g/mol. The van der Waals surface area contributed by atoms with Gasteiger partial charge in [-0.2, -0.15) is 13.2 Å². The smallest absolute Gasteiger partial charge is 0.345 e. The van der Waals surface area contributed by atoms with Crippen LogP contribution in [-0.4, -0.2) is 24.2 Å². The fourth-order valence-electron chi connectivity index (χ4n) is 0.839. The molecule has 7 heteroatoms. The second-order valence-electron chi connectivity index (χ2n) is 2.97. The largest absolute Gasteiger partial charge is 0.405 e. The van der Waals surface area contributed by atoms with Crippen LogP contribution in [0.1, 0.15) is 12.8 Å². The van der Waals surface area contributed by atoms with Crippen LogP contribution >= 0.6 is 11.8 Å². The molecule has 1 fully saturated rings. The van der Waals surface area contributed by atoms with E-state index >= 15 is 0 Å². The van der Waals surface area contributed by atoms with Crippen LogP contribution in [0.5, 0.6) is 0 Å². The van der Waals surface area contributed by atoms with Crippen molar-refractivity contribution in [2.75, 3.05) is 6.54 Å². The second-order valence-corrected chi connectivity index (χ2v) is 3.16. The van der Waals surface area contributed by atoms with E-state index in [0.29, 0.717) is 12.8 Å². The monoisotopic (exact) mass is 216 g/mol. The molecule has 0 radical (unpaired) electrons. The minimum absolute atomic E-state index is 0.472. The highest BCUT2D eigenvalue weighted by atomic mass is 35.5. The highest BCUT2D eigenvalue weighted by Crippen LogP contribution is 2.36. The molecular formula is C6H8ClF3N2O. The van der Waals surface area contributed by atoms with Crippen LogP contribution in [-0.2, 0) is 4.79 Å². The Morgan fingerprint density at radius 3 is 2.31 bits per heavy atom. The summed E-state index contributed by atoms with van der Waals surface area (Å²) in [7, 11) is 0. The minimum Gasteiger partial charge on any atom is -0.345 e. The Hall–Kier alpha value is -0.490. The lowest BCUT2D eigenvalue weighted by Gasteiger charge is -2.13. The van der Waals surface area contributed by atoms with Gasteiger partial charge in [0.05, 0.1) is 0 Å². The predicted molar refractivity (Wildman–Crippen MR) is 40.0 cm³/mol. The first-order valence-corrected chi connectivity index (χ1v) is 4.00. The molecule has 0 bridgehead atoms. The first-order valence-electron chi connectivity index (χ1n) is 3.62. The maximum Gasteiger partial charge on any atom is 0.405 e. The first kappa shape index (κ1) is 10.6. The SMILES string of the molecule is O=C(NCC(F)(F)F)C1(NCl)CC1. The standard InChI is InChI=1S/C6H8ClF3N2O/c7-12-5(1-2-5)4(13)11-3-6(8,9)10/h12H,1-3H2,(H,11,13). The highest BCUT2D eigenvalue weighted by Gasteiger charge is 2.50. The molecule has 1 aliphatic carbocycles. The van der Waals surface area contributed by atoms with E-state index < -0.39 is 24.2 Å². The van der Waals surface area contributed by atoms with Crippen LogP contribution in [0.25, 0.3) is 0 Å². The molecule has 76 valence electrons. The van der Waals surface area contributed by atoms with Gasteiger partial charge in [-0.15, -0.1) is 0 Å². The van der Waals surface area contributed by atoms with Gasteiger partial charge in [-0.1, -0.05) is 0 Å². The Balaban J connectivity index is 2.34. The molecule has 1 aliphatic rings. The van der Waals surface area contributed by atoms with E-state index in [-0.39, 0.29) is 0 Å². The zero-order valence-corrected chi connectivity index (χ0v) is 7.30. The summed E-state index contributed by atoms with van der Waals surface area (Å²) in [5.41, 5.74) is -0.965. The average Bonchev–Trinajstić information content (AvgIpc) is 2.79. The molecule has 0 spiro atoms. The van der Waals surface area contributed by atoms with Gasteiger partial charge < -0.3 is 5.32 Å². The van der Waals surface area contributed by atoms with E-state index in [0.717, 1.165) is 0 Å². The summed E-state index contributed by atoms with van der Waals surface area (Å²) >= 11 is 5.21. The Labute approximate surface area is 77.7 Å². The number of hydrogen-bond acceptors (Lipinski definition) is 2. The van der Waals surface area contributed by atoms with Gasteiger partial charge in [0, 0.05) is 0 Å². The Morgan fingerprint density at radius 1 is 1.46 bits per heavy atom. The Morgan fingerprint density at radius 2 is 2.00 bits per heavy atom. The summed E-state index contributed by atoms with van der Waals surface area (Å²) in [5, 5.41) is 1.77. The summed E-state index contributed by atoms with van der Waals surface area (Å²) in [4.78, 5) is 13.2. The summed E-state index contributed by atoms with van der Waals surface area (Å²) < 4.78 is 35.0. The lowest BCUT2D eigenvalue weighted by Crippen LogP contribution is -2.46. The minimum atomic E-state index is -4.38. The zero-order valence-electron chi connectivity index (χ0n) is 6.54. The molecule has 0 saturated heterocycles. The van der Waals surface area contributed by atoms with Crippen LogP contribution in [0, 0.1) is 0 Å². The van der Waals surface area contributed by atoms with Crippen LogP contribution in [0.2, 0.25) is 0 Å². The molecule has 1 saturated carbocycles. The van der Waals surface area contributed by atoms with Crippen LogP contribution in [0.15, 0.2) is 0 Å². The number of alkyl halides is 3. The van der Waals surface area contributed by atoms with Crippen LogP contribution < -0.4 is 10.2 Å². The Kier molecular flexibility index (Phi) is 2.72. The Bertz CT molecular complexity index is 214. The van der Waals surface area contributed by atoms with Gasteiger partial charge in [0.15, 0.2) is 0 Å². The van der Waals surface area contributed by atoms with E-state index in [1.54, 1.807) is 5.32 Å². The molecule has 1 rings (SSSR count). The van der Waals surface area contributed by atoms with Gasteiger partial charge in [0.2, 0.25) is 5.91 Å². The van der Waals surface area contributed by atoms with Gasteiger partial charge in [-0.05, 0) is 24.6 Å². The highest BCUT2D eigenvalue weighted by molar-refractivity contribution is 6.16. The number of nitrogens with one attached hydrogen (secondary N) is 2. The van der Waals surface area contributed by atoms with E-state index in [2.05, 4.69) is 4.84 Å². The molecule has 0 aromatic heterocycles. The van der Waals surface area contributed by atoms with E-state index in [9.17, 15) is 18.0 Å². The normalized spacial score (nSPS) is 19.7. The topological polar surface area (TPSA) is 41.1 Å². The van der Waals surface area contributed by atoms with Gasteiger partial charge in [-0.3, -0.25) is 4.79 Å². The number of rotatable bonds is 3. The number of halogens is 4. The van der Waals surface area contributed by atoms with Crippen molar-refractivity contribution in [1.82, 2.24) is 10.2 Å². The van der Waals surface area contributed by atoms with Crippen molar-refractivity contribution < 1.29 is 18.0 Å². The maximum atomic E-state index is 11.7. The fraction of sp³-hybridized carbons (Fsp3) is 0.833. The molecule has 0 heterocycles. The third-order valence-electron chi connectivity index (χ3n) is 1.81. The van der Waals surface area contributed by atoms with Crippen LogP contribution in [0.3, 0.4) is 0 Å². The van der Waals surface area contributed by atoms with Crippen LogP contribution in [0.4, 0.5) is 13.2 Å². The molecule has 1 amide bonds. The van der Waals surface area contributed by atoms with Gasteiger partial charge in [0.1, 0.15) is 12.1 Å². The van der Waals surface area contributed by atoms with E-state index in [4.69, 9.17) is 11.8 Å². The van der Waals surface area contributed by atoms with E-state index in [1.165, 1.54) is 0 Å². The van der Waals surface area contributed by atoms with Crippen molar-refractivity contribution in [3.8, 4) is 0 Å². The summed E-state index contributed by atoms with van der Waals surface area (Å²) in [6, 6.07) is 0. The molecule has 0 aliphatic heterocycles. The number of amides is 1. The maximum absolute atomic E-state index is 11.7. The quantitative estimate of drug-likeness (QED) is 0.690. The van der Waals surface area contributed by atoms with Gasteiger partial charge in [-0.25, -0.2) is 4.84 Å². The molecule has 2 N–H and O–H groups in total. The molecule has 0 unspecified atom stereocenters. The van der Waals surface area contributed by atoms with Crippen molar-refractivity contribution in [3.63, 3.8) is 0 Å². The molecule has 3 nitrogen and oxygen atoms in total. The third-order valence-corrected chi connectivity index (χ3v) is 2.18. The second kappa shape index (κ2) is 3.34. The molecule has 0 aromatic carbocycles. The van der Waals surface area contributed by atoms with Gasteiger partial charge >= 0.3 is 6.18 Å². The third kappa shape index (κ3) is 2.73. The van der Waals surface area contributed by atoms with Gasteiger partial charge in [0.25, 0.3) is 0 Å². The van der Waals surface area contributed by atoms with Crippen molar-refractivity contribution in [2.24, 2.45) is 0 Å². The van der Waals surface area contributed by atoms with Crippen molar-refractivity contribution in [1.29, 1.82) is 0 Å². The molecule has 13 heavy (non-hydrogen) atoms. The summed E-state index contributed by atoms with van der Waals surface area (Å²) in [6.07, 6.45) is -3.43. The van der Waals surface area contributed by atoms with Crippen molar-refractivity contribution in [3.05, 3.63) is 0 Å². The van der Waals surface area contributed by atoms with E-state index in [1.807, 2.05) is 0 Å². The first-order chi connectivity index (χ1) is 5.90.